The van der Waals surface area contributed by atoms with Crippen LogP contribution in [0.2, 0.25) is 0 Å². The summed E-state index contributed by atoms with van der Waals surface area (Å²) in [5, 5.41) is 0. The van der Waals surface area contributed by atoms with Crippen LogP contribution in [0.5, 0.6) is 0 Å². The van der Waals surface area contributed by atoms with Crippen molar-refractivity contribution >= 4 is 58.4 Å². The monoisotopic (exact) mass is 700 g/mol. The molecule has 0 unspecified atom stereocenters. The lowest BCUT2D eigenvalue weighted by molar-refractivity contribution is 1.26. The first-order valence-electron chi connectivity index (χ1n) is 18.8. The van der Waals surface area contributed by atoms with Crippen LogP contribution < -0.4 is 9.80 Å². The molecule has 7 aromatic rings. The van der Waals surface area contributed by atoms with Crippen LogP contribution in [-0.2, 0) is 0 Å². The van der Waals surface area contributed by atoms with Gasteiger partial charge in [0.15, 0.2) is 0 Å². The number of nitrogens with zero attached hydrogens (tertiary/aromatic N) is 2. The molecule has 0 aromatic heterocycles. The molecular formula is C52H48N2. The van der Waals surface area contributed by atoms with Crippen LogP contribution in [0.25, 0.3) is 24.3 Å². The third-order valence-electron chi connectivity index (χ3n) is 10.1. The summed E-state index contributed by atoms with van der Waals surface area (Å²) in [6.45, 7) is 13.1. The van der Waals surface area contributed by atoms with Crippen molar-refractivity contribution in [3.63, 3.8) is 0 Å². The lowest BCUT2D eigenvalue weighted by atomic mass is 9.97. The number of para-hydroxylation sites is 2. The predicted octanol–water partition coefficient (Wildman–Crippen LogP) is 14.8. The van der Waals surface area contributed by atoms with Gasteiger partial charge in [-0.25, -0.2) is 0 Å². The minimum atomic E-state index is 1.14. The minimum Gasteiger partial charge on any atom is -0.310 e. The Labute approximate surface area is 322 Å². The average molecular weight is 701 g/mol. The summed E-state index contributed by atoms with van der Waals surface area (Å²) < 4.78 is 0. The highest BCUT2D eigenvalue weighted by Gasteiger charge is 2.15. The van der Waals surface area contributed by atoms with Gasteiger partial charge in [-0.05, 0) is 170 Å². The minimum absolute atomic E-state index is 1.14. The second-order valence-electron chi connectivity index (χ2n) is 14.3. The molecule has 2 heteroatoms. The number of benzene rings is 7. The number of aryl methyl sites for hydroxylation is 6. The van der Waals surface area contributed by atoms with E-state index in [1.807, 2.05) is 0 Å². The van der Waals surface area contributed by atoms with Crippen molar-refractivity contribution in [3.8, 4) is 0 Å². The van der Waals surface area contributed by atoms with Crippen LogP contribution in [0.15, 0.2) is 158 Å². The highest BCUT2D eigenvalue weighted by Crippen LogP contribution is 2.37. The number of hydrogen-bond donors (Lipinski definition) is 0. The first-order valence-corrected chi connectivity index (χ1v) is 18.8. The molecule has 7 aromatic carbocycles. The molecule has 54 heavy (non-hydrogen) atoms. The van der Waals surface area contributed by atoms with Crippen molar-refractivity contribution < 1.29 is 0 Å². The molecule has 7 rings (SSSR count). The summed E-state index contributed by atoms with van der Waals surface area (Å²) in [6, 6.07) is 56.7. The zero-order chi connectivity index (χ0) is 37.6. The molecule has 0 saturated carbocycles. The summed E-state index contributed by atoms with van der Waals surface area (Å²) in [7, 11) is 0. The van der Waals surface area contributed by atoms with Gasteiger partial charge in [0.1, 0.15) is 0 Å². The summed E-state index contributed by atoms with van der Waals surface area (Å²) in [4.78, 5) is 4.65. The lowest BCUT2D eigenvalue weighted by Gasteiger charge is -2.26. The normalized spacial score (nSPS) is 11.4. The van der Waals surface area contributed by atoms with Gasteiger partial charge >= 0.3 is 0 Å². The Kier molecular flexibility index (Phi) is 10.7. The first-order chi connectivity index (χ1) is 26.2. The van der Waals surface area contributed by atoms with Crippen LogP contribution in [0.4, 0.5) is 34.1 Å². The molecule has 0 aliphatic carbocycles. The van der Waals surface area contributed by atoms with E-state index in [2.05, 4.69) is 233 Å². The van der Waals surface area contributed by atoms with Gasteiger partial charge in [-0.2, -0.15) is 0 Å². The van der Waals surface area contributed by atoms with Crippen molar-refractivity contribution in [2.45, 2.75) is 41.5 Å². The quantitative estimate of drug-likeness (QED) is 0.131. The molecular weight excluding hydrogens is 653 g/mol. The van der Waals surface area contributed by atoms with Gasteiger partial charge in [0, 0.05) is 34.1 Å². The molecule has 0 aliphatic heterocycles. The number of hydrogen-bond acceptors (Lipinski definition) is 2. The Morgan fingerprint density at radius 2 is 0.611 bits per heavy atom. The fraction of sp³-hybridized carbons (Fsp3) is 0.115. The summed E-state index contributed by atoms with van der Waals surface area (Å²) >= 11 is 0. The largest absolute Gasteiger partial charge is 0.310 e. The number of rotatable bonds is 10. The van der Waals surface area contributed by atoms with Gasteiger partial charge in [0.25, 0.3) is 0 Å². The van der Waals surface area contributed by atoms with E-state index in [0.717, 1.165) is 34.1 Å². The Balaban J connectivity index is 1.10. The standard InChI is InChI=1S/C52H48N2/c1-37-15-13-21-49(31-37)53(47-17-9-7-10-18-47)51-29-27-43(41(5)35-51)23-25-45-33-40(4)46(34-39(45)3)26-24-44-28-30-52(36-42(44)6)54(48-19-11-8-12-20-48)50-22-14-16-38(2)32-50/h7-36H,1-6H3/b25-23+,26-24+. The van der Waals surface area contributed by atoms with Crippen LogP contribution in [0.3, 0.4) is 0 Å². The van der Waals surface area contributed by atoms with E-state index < -0.39 is 0 Å². The molecule has 0 atom stereocenters. The summed E-state index contributed by atoms with van der Waals surface area (Å²) in [5.41, 5.74) is 19.2. The van der Waals surface area contributed by atoms with Crippen LogP contribution >= 0.6 is 0 Å². The van der Waals surface area contributed by atoms with Gasteiger partial charge in [-0.15, -0.1) is 0 Å². The molecule has 0 amide bonds. The lowest BCUT2D eigenvalue weighted by Crippen LogP contribution is -2.10. The molecule has 0 radical (unpaired) electrons. The highest BCUT2D eigenvalue weighted by molar-refractivity contribution is 5.82. The van der Waals surface area contributed by atoms with E-state index in [-0.39, 0.29) is 0 Å². The second-order valence-corrected chi connectivity index (χ2v) is 14.3. The first kappa shape index (κ1) is 36.0. The van der Waals surface area contributed by atoms with E-state index in [1.54, 1.807) is 0 Å². The summed E-state index contributed by atoms with van der Waals surface area (Å²) in [6.07, 6.45) is 9.00. The van der Waals surface area contributed by atoms with E-state index in [4.69, 9.17) is 0 Å². The summed E-state index contributed by atoms with van der Waals surface area (Å²) in [5.74, 6) is 0. The molecule has 2 nitrogen and oxygen atoms in total. The van der Waals surface area contributed by atoms with Crippen molar-refractivity contribution in [1.82, 2.24) is 0 Å². The van der Waals surface area contributed by atoms with E-state index >= 15 is 0 Å². The van der Waals surface area contributed by atoms with Crippen molar-refractivity contribution in [2.75, 3.05) is 9.80 Å². The van der Waals surface area contributed by atoms with Crippen molar-refractivity contribution in [2.24, 2.45) is 0 Å². The van der Waals surface area contributed by atoms with Gasteiger partial charge in [-0.3, -0.25) is 0 Å². The van der Waals surface area contributed by atoms with E-state index in [0.29, 0.717) is 0 Å². The van der Waals surface area contributed by atoms with Gasteiger partial charge in [0.05, 0.1) is 0 Å². The Morgan fingerprint density at radius 1 is 0.278 bits per heavy atom. The van der Waals surface area contributed by atoms with Crippen LogP contribution in [0, 0.1) is 41.5 Å². The molecule has 0 spiro atoms. The third kappa shape index (κ3) is 8.14. The Hall–Kier alpha value is -6.38. The zero-order valence-electron chi connectivity index (χ0n) is 32.2. The molecule has 0 saturated heterocycles. The number of anilines is 6. The molecule has 0 N–H and O–H groups in total. The van der Waals surface area contributed by atoms with Crippen molar-refractivity contribution in [3.05, 3.63) is 213 Å². The zero-order valence-corrected chi connectivity index (χ0v) is 32.2. The fourth-order valence-electron chi connectivity index (χ4n) is 7.13. The SMILES string of the molecule is Cc1cccc(N(c2ccccc2)c2ccc(/C=C/c3cc(C)c(/C=C/c4ccc(N(c5ccccc5)c5cccc(C)c5)cc4C)cc3C)c(C)c2)c1. The molecule has 0 aliphatic rings. The fourth-order valence-corrected chi connectivity index (χ4v) is 7.13. The predicted molar refractivity (Wildman–Crippen MR) is 235 cm³/mol. The highest BCUT2D eigenvalue weighted by atomic mass is 15.1. The Bertz CT molecular complexity index is 2280. The molecule has 0 bridgehead atoms. The molecule has 266 valence electrons. The van der Waals surface area contributed by atoms with E-state index in [9.17, 15) is 0 Å². The maximum Gasteiger partial charge on any atom is 0.0464 e. The second kappa shape index (κ2) is 16.1. The van der Waals surface area contributed by atoms with Crippen LogP contribution in [-0.4, -0.2) is 0 Å². The van der Waals surface area contributed by atoms with Gasteiger partial charge in [0.2, 0.25) is 0 Å². The molecule has 0 fully saturated rings. The third-order valence-corrected chi connectivity index (χ3v) is 10.1. The maximum absolute atomic E-state index is 2.33. The Morgan fingerprint density at radius 3 is 0.981 bits per heavy atom. The topological polar surface area (TPSA) is 6.48 Å². The van der Waals surface area contributed by atoms with Gasteiger partial charge < -0.3 is 9.80 Å². The maximum atomic E-state index is 2.33. The van der Waals surface area contributed by atoms with Crippen LogP contribution in [0.1, 0.15) is 55.6 Å². The van der Waals surface area contributed by atoms with Crippen molar-refractivity contribution in [1.29, 1.82) is 0 Å². The van der Waals surface area contributed by atoms with E-state index in [1.165, 1.54) is 55.6 Å². The smallest absolute Gasteiger partial charge is 0.0464 e. The molecule has 0 heterocycles. The van der Waals surface area contributed by atoms with Gasteiger partial charge in [-0.1, -0.05) is 109 Å². The average Bonchev–Trinajstić information content (AvgIpc) is 3.17.